The average molecular weight is 176 g/mol. The van der Waals surface area contributed by atoms with Crippen molar-refractivity contribution in [3.63, 3.8) is 0 Å². The highest BCUT2D eigenvalue weighted by atomic mass is 32.2. The Bertz CT molecular complexity index is 102. The predicted octanol–water partition coefficient (Wildman–Crippen LogP) is 2.68. The number of rotatable bonds is 5. The van der Waals surface area contributed by atoms with Crippen LogP contribution in [0.1, 0.15) is 40.5 Å². The first-order valence-corrected chi connectivity index (χ1v) is 5.40. The molecule has 0 saturated carbocycles. The van der Waals surface area contributed by atoms with Crippen molar-refractivity contribution in [1.82, 2.24) is 0 Å². The predicted molar refractivity (Wildman–Crippen MR) is 53.1 cm³/mol. The maximum atomic E-state index is 9.65. The van der Waals surface area contributed by atoms with Gasteiger partial charge < -0.3 is 5.11 Å². The zero-order valence-corrected chi connectivity index (χ0v) is 8.87. The van der Waals surface area contributed by atoms with Crippen LogP contribution in [0.15, 0.2) is 0 Å². The molecule has 0 spiro atoms. The fourth-order valence-electron chi connectivity index (χ4n) is 0.542. The third-order valence-corrected chi connectivity index (χ3v) is 3.71. The zero-order valence-electron chi connectivity index (χ0n) is 8.05. The van der Waals surface area contributed by atoms with Crippen molar-refractivity contribution in [1.29, 1.82) is 0 Å². The quantitative estimate of drug-likeness (QED) is 0.695. The highest BCUT2D eigenvalue weighted by Gasteiger charge is 2.18. The molecule has 0 heterocycles. The van der Waals surface area contributed by atoms with E-state index in [2.05, 4.69) is 13.8 Å². The number of hydrogen-bond donors (Lipinski definition) is 1. The molecule has 0 saturated heterocycles. The lowest BCUT2D eigenvalue weighted by Gasteiger charge is -2.22. The van der Waals surface area contributed by atoms with Crippen LogP contribution in [0.25, 0.3) is 0 Å². The SMILES string of the molecule is CCC(C)SCC(C)(O)CC. The van der Waals surface area contributed by atoms with Crippen LogP contribution < -0.4 is 0 Å². The van der Waals surface area contributed by atoms with Crippen LogP contribution in [0.5, 0.6) is 0 Å². The van der Waals surface area contributed by atoms with Gasteiger partial charge in [0.15, 0.2) is 0 Å². The molecule has 0 rings (SSSR count). The average Bonchev–Trinajstić information content (AvgIpc) is 2.00. The standard InChI is InChI=1S/C9H20OS/c1-5-8(3)11-7-9(4,10)6-2/h8,10H,5-7H2,1-4H3. The highest BCUT2D eigenvalue weighted by Crippen LogP contribution is 2.21. The van der Waals surface area contributed by atoms with Crippen molar-refractivity contribution in [2.45, 2.75) is 51.4 Å². The van der Waals surface area contributed by atoms with Gasteiger partial charge in [0.1, 0.15) is 0 Å². The Labute approximate surface area is 74.6 Å². The summed E-state index contributed by atoms with van der Waals surface area (Å²) in [4.78, 5) is 0. The van der Waals surface area contributed by atoms with Gasteiger partial charge in [0, 0.05) is 11.0 Å². The minimum atomic E-state index is -0.464. The second-order valence-electron chi connectivity index (χ2n) is 3.38. The van der Waals surface area contributed by atoms with E-state index in [0.29, 0.717) is 5.25 Å². The molecule has 1 nitrogen and oxygen atoms in total. The van der Waals surface area contributed by atoms with E-state index in [-0.39, 0.29) is 0 Å². The number of aliphatic hydroxyl groups is 1. The molecule has 0 aliphatic carbocycles. The Morgan fingerprint density at radius 3 is 2.36 bits per heavy atom. The summed E-state index contributed by atoms with van der Waals surface area (Å²) in [6.07, 6.45) is 2.03. The Hall–Kier alpha value is 0.310. The molecule has 11 heavy (non-hydrogen) atoms. The van der Waals surface area contributed by atoms with Crippen LogP contribution in [0.4, 0.5) is 0 Å². The molecular weight excluding hydrogens is 156 g/mol. The summed E-state index contributed by atoms with van der Waals surface area (Å²) >= 11 is 1.86. The van der Waals surface area contributed by atoms with Crippen LogP contribution in [0.3, 0.4) is 0 Å². The Morgan fingerprint density at radius 1 is 1.45 bits per heavy atom. The molecule has 1 N–H and O–H groups in total. The molecule has 0 aliphatic rings. The number of hydrogen-bond acceptors (Lipinski definition) is 2. The largest absolute Gasteiger partial charge is 0.389 e. The Morgan fingerprint density at radius 2 is 2.00 bits per heavy atom. The van der Waals surface area contributed by atoms with Gasteiger partial charge in [-0.2, -0.15) is 11.8 Å². The van der Waals surface area contributed by atoms with Crippen LogP contribution in [0, 0.1) is 0 Å². The van der Waals surface area contributed by atoms with Crippen molar-refractivity contribution in [2.75, 3.05) is 5.75 Å². The smallest absolute Gasteiger partial charge is 0.0707 e. The molecular formula is C9H20OS. The summed E-state index contributed by atoms with van der Waals surface area (Å²) in [6.45, 7) is 8.31. The third kappa shape index (κ3) is 5.57. The second kappa shape index (κ2) is 5.04. The first-order chi connectivity index (χ1) is 5.02. The van der Waals surface area contributed by atoms with Crippen LogP contribution >= 0.6 is 11.8 Å². The van der Waals surface area contributed by atoms with Crippen LogP contribution in [-0.2, 0) is 0 Å². The van der Waals surface area contributed by atoms with E-state index in [1.165, 1.54) is 6.42 Å². The molecule has 2 heteroatoms. The van der Waals surface area contributed by atoms with Crippen LogP contribution in [-0.4, -0.2) is 21.7 Å². The van der Waals surface area contributed by atoms with E-state index in [0.717, 1.165) is 12.2 Å². The van der Waals surface area contributed by atoms with Gasteiger partial charge in [0.25, 0.3) is 0 Å². The van der Waals surface area contributed by atoms with E-state index >= 15 is 0 Å². The molecule has 2 atom stereocenters. The van der Waals surface area contributed by atoms with Crippen molar-refractivity contribution < 1.29 is 5.11 Å². The Balaban J connectivity index is 3.52. The summed E-state index contributed by atoms with van der Waals surface area (Å²) in [6, 6.07) is 0. The van der Waals surface area contributed by atoms with Gasteiger partial charge in [-0.05, 0) is 19.8 Å². The maximum Gasteiger partial charge on any atom is 0.0707 e. The minimum Gasteiger partial charge on any atom is -0.389 e. The fraction of sp³-hybridized carbons (Fsp3) is 1.00. The summed E-state index contributed by atoms with van der Waals surface area (Å²) in [5.41, 5.74) is -0.464. The molecule has 0 radical (unpaired) electrons. The molecule has 68 valence electrons. The topological polar surface area (TPSA) is 20.2 Å². The molecule has 0 aromatic heterocycles. The molecule has 0 aromatic carbocycles. The van der Waals surface area contributed by atoms with Gasteiger partial charge in [-0.15, -0.1) is 0 Å². The summed E-state index contributed by atoms with van der Waals surface area (Å²) in [5, 5.41) is 10.3. The molecule has 2 unspecified atom stereocenters. The van der Waals surface area contributed by atoms with E-state index in [4.69, 9.17) is 0 Å². The van der Waals surface area contributed by atoms with Gasteiger partial charge in [0.05, 0.1) is 5.60 Å². The molecule has 0 amide bonds. The molecule has 0 fully saturated rings. The third-order valence-electron chi connectivity index (χ3n) is 2.02. The monoisotopic (exact) mass is 176 g/mol. The van der Waals surface area contributed by atoms with Gasteiger partial charge in [-0.1, -0.05) is 20.8 Å². The van der Waals surface area contributed by atoms with E-state index in [9.17, 15) is 5.11 Å². The summed E-state index contributed by atoms with van der Waals surface area (Å²) in [5.74, 6) is 0.860. The zero-order chi connectivity index (χ0) is 8.91. The van der Waals surface area contributed by atoms with Crippen molar-refractivity contribution >= 4 is 11.8 Å². The Kier molecular flexibility index (Phi) is 5.19. The van der Waals surface area contributed by atoms with Gasteiger partial charge in [0.2, 0.25) is 0 Å². The first kappa shape index (κ1) is 11.3. The maximum absolute atomic E-state index is 9.65. The first-order valence-electron chi connectivity index (χ1n) is 4.35. The lowest BCUT2D eigenvalue weighted by atomic mass is 10.1. The lowest BCUT2D eigenvalue weighted by molar-refractivity contribution is 0.0815. The van der Waals surface area contributed by atoms with Crippen molar-refractivity contribution in [2.24, 2.45) is 0 Å². The van der Waals surface area contributed by atoms with Gasteiger partial charge >= 0.3 is 0 Å². The van der Waals surface area contributed by atoms with Crippen molar-refractivity contribution in [3.05, 3.63) is 0 Å². The highest BCUT2D eigenvalue weighted by molar-refractivity contribution is 7.99. The van der Waals surface area contributed by atoms with Crippen molar-refractivity contribution in [3.8, 4) is 0 Å². The normalized spacial score (nSPS) is 19.4. The summed E-state index contributed by atoms with van der Waals surface area (Å²) < 4.78 is 0. The summed E-state index contributed by atoms with van der Waals surface area (Å²) in [7, 11) is 0. The molecule has 0 bridgehead atoms. The lowest BCUT2D eigenvalue weighted by Crippen LogP contribution is -2.26. The molecule has 0 aromatic rings. The second-order valence-corrected chi connectivity index (χ2v) is 4.81. The fourth-order valence-corrected chi connectivity index (χ4v) is 1.63. The number of thioether (sulfide) groups is 1. The molecule has 0 aliphatic heterocycles. The van der Waals surface area contributed by atoms with E-state index in [1.54, 1.807) is 0 Å². The van der Waals surface area contributed by atoms with Gasteiger partial charge in [-0.25, -0.2) is 0 Å². The van der Waals surface area contributed by atoms with Crippen LogP contribution in [0.2, 0.25) is 0 Å². The minimum absolute atomic E-state index is 0.464. The van der Waals surface area contributed by atoms with E-state index in [1.807, 2.05) is 25.6 Å². The van der Waals surface area contributed by atoms with Gasteiger partial charge in [-0.3, -0.25) is 0 Å². The van der Waals surface area contributed by atoms with E-state index < -0.39 is 5.60 Å².